The molecule has 116 valence electrons. The molecule has 1 atom stereocenters. The lowest BCUT2D eigenvalue weighted by Crippen LogP contribution is -2.45. The number of benzene rings is 1. The van der Waals surface area contributed by atoms with Crippen LogP contribution in [0.1, 0.15) is 25.3 Å². The monoisotopic (exact) mass is 292 g/mol. The Morgan fingerprint density at radius 1 is 1.38 bits per heavy atom. The molecular weight excluding hydrogens is 268 g/mol. The topological polar surface area (TPSA) is 64.8 Å². The molecule has 5 heteroatoms. The number of hydrogen-bond acceptors (Lipinski definition) is 4. The number of piperidine rings is 1. The molecule has 1 heterocycles. The number of amides is 1. The summed E-state index contributed by atoms with van der Waals surface area (Å²) in [4.78, 5) is 14.0. The minimum Gasteiger partial charge on any atom is -0.484 e. The van der Waals surface area contributed by atoms with E-state index in [9.17, 15) is 4.79 Å². The maximum absolute atomic E-state index is 12.2. The lowest BCUT2D eigenvalue weighted by Gasteiger charge is -2.32. The fourth-order valence-electron chi connectivity index (χ4n) is 2.49. The van der Waals surface area contributed by atoms with Crippen molar-refractivity contribution in [2.75, 3.05) is 26.3 Å². The van der Waals surface area contributed by atoms with Gasteiger partial charge in [-0.3, -0.25) is 4.79 Å². The molecule has 0 aromatic heterocycles. The molecule has 1 fully saturated rings. The van der Waals surface area contributed by atoms with E-state index in [0.717, 1.165) is 24.9 Å². The first kappa shape index (κ1) is 15.8. The van der Waals surface area contributed by atoms with E-state index >= 15 is 0 Å². The molecule has 1 aliphatic rings. The molecule has 2 rings (SSSR count). The van der Waals surface area contributed by atoms with Gasteiger partial charge >= 0.3 is 0 Å². The molecule has 0 bridgehead atoms. The lowest BCUT2D eigenvalue weighted by atomic mass is 10.1. The average Bonchev–Trinajstić information content (AvgIpc) is 2.53. The van der Waals surface area contributed by atoms with E-state index in [0.29, 0.717) is 25.4 Å². The van der Waals surface area contributed by atoms with Gasteiger partial charge in [-0.1, -0.05) is 12.1 Å². The number of nitrogens with zero attached hydrogens (tertiary/aromatic N) is 1. The summed E-state index contributed by atoms with van der Waals surface area (Å²) in [5.74, 6) is 0.709. The quantitative estimate of drug-likeness (QED) is 0.864. The lowest BCUT2D eigenvalue weighted by molar-refractivity contribution is -0.137. The van der Waals surface area contributed by atoms with Crippen molar-refractivity contribution in [3.05, 3.63) is 29.8 Å². The Hall–Kier alpha value is -1.59. The maximum atomic E-state index is 12.2. The molecule has 21 heavy (non-hydrogen) atoms. The summed E-state index contributed by atoms with van der Waals surface area (Å²) >= 11 is 0. The van der Waals surface area contributed by atoms with Gasteiger partial charge in [-0.2, -0.15) is 0 Å². The summed E-state index contributed by atoms with van der Waals surface area (Å²) in [6.45, 7) is 4.71. The number of likely N-dealkylation sites (tertiary alicyclic amines) is 1. The Balaban J connectivity index is 1.80. The third-order valence-electron chi connectivity index (χ3n) is 3.65. The molecular formula is C16H24N2O3. The van der Waals surface area contributed by atoms with E-state index in [1.165, 1.54) is 0 Å². The number of hydrogen-bond donors (Lipinski definition) is 1. The van der Waals surface area contributed by atoms with Crippen molar-refractivity contribution < 1.29 is 14.3 Å². The molecule has 1 saturated heterocycles. The zero-order valence-corrected chi connectivity index (χ0v) is 12.6. The van der Waals surface area contributed by atoms with Crippen LogP contribution in [0.25, 0.3) is 0 Å². The summed E-state index contributed by atoms with van der Waals surface area (Å²) in [6.07, 6.45) is 2.18. The number of nitrogens with two attached hydrogens (primary N) is 1. The third kappa shape index (κ3) is 4.72. The van der Waals surface area contributed by atoms with E-state index in [2.05, 4.69) is 0 Å². The molecule has 0 aliphatic carbocycles. The highest BCUT2D eigenvalue weighted by Crippen LogP contribution is 2.15. The van der Waals surface area contributed by atoms with Crippen LogP contribution in [0.3, 0.4) is 0 Å². The summed E-state index contributed by atoms with van der Waals surface area (Å²) < 4.78 is 11.1. The second kappa shape index (κ2) is 8.00. The Kier molecular flexibility index (Phi) is 6.02. The summed E-state index contributed by atoms with van der Waals surface area (Å²) in [5.41, 5.74) is 6.59. The van der Waals surface area contributed by atoms with Crippen molar-refractivity contribution >= 4 is 5.91 Å². The third-order valence-corrected chi connectivity index (χ3v) is 3.65. The molecule has 0 saturated carbocycles. The van der Waals surface area contributed by atoms with Crippen LogP contribution in [0, 0.1) is 0 Å². The molecule has 1 aromatic carbocycles. The number of ether oxygens (including phenoxy) is 2. The van der Waals surface area contributed by atoms with E-state index in [1.54, 1.807) is 0 Å². The van der Waals surface area contributed by atoms with Gasteiger partial charge in [0.05, 0.1) is 6.10 Å². The minimum absolute atomic E-state index is 0.0160. The van der Waals surface area contributed by atoms with E-state index in [1.807, 2.05) is 36.1 Å². The fourth-order valence-corrected chi connectivity index (χ4v) is 2.49. The number of carbonyl (C=O) groups is 1. The van der Waals surface area contributed by atoms with Crippen molar-refractivity contribution in [1.29, 1.82) is 0 Å². The van der Waals surface area contributed by atoms with Gasteiger partial charge in [0.15, 0.2) is 6.61 Å². The van der Waals surface area contributed by atoms with Gasteiger partial charge in [-0.05, 0) is 37.5 Å². The van der Waals surface area contributed by atoms with Gasteiger partial charge in [-0.25, -0.2) is 0 Å². The van der Waals surface area contributed by atoms with Crippen molar-refractivity contribution in [2.24, 2.45) is 5.73 Å². The largest absolute Gasteiger partial charge is 0.484 e. The van der Waals surface area contributed by atoms with Gasteiger partial charge in [0.25, 0.3) is 5.91 Å². The summed E-state index contributed by atoms with van der Waals surface area (Å²) in [5, 5.41) is 0. The second-order valence-electron chi connectivity index (χ2n) is 5.20. The van der Waals surface area contributed by atoms with E-state index in [4.69, 9.17) is 15.2 Å². The minimum atomic E-state index is 0.0160. The van der Waals surface area contributed by atoms with Crippen molar-refractivity contribution in [3.8, 4) is 5.75 Å². The zero-order chi connectivity index (χ0) is 15.1. The molecule has 0 spiro atoms. The highest BCUT2D eigenvalue weighted by molar-refractivity contribution is 5.77. The predicted octanol–water partition coefficient (Wildman–Crippen LogP) is 1.55. The smallest absolute Gasteiger partial charge is 0.260 e. The second-order valence-corrected chi connectivity index (χ2v) is 5.20. The Bertz CT molecular complexity index is 445. The highest BCUT2D eigenvalue weighted by atomic mass is 16.5. The molecule has 2 N–H and O–H groups in total. The first-order valence-electron chi connectivity index (χ1n) is 7.54. The molecule has 1 unspecified atom stereocenters. The fraction of sp³-hybridized carbons (Fsp3) is 0.562. The average molecular weight is 292 g/mol. The zero-order valence-electron chi connectivity index (χ0n) is 12.6. The van der Waals surface area contributed by atoms with Crippen molar-refractivity contribution in [2.45, 2.75) is 32.4 Å². The number of rotatable bonds is 6. The standard InChI is InChI=1S/C16H24N2O3/c1-2-20-15-4-3-9-18(11-15)16(19)12-21-14-7-5-13(10-17)6-8-14/h5-8,15H,2-4,9-12,17H2,1H3. The molecule has 5 nitrogen and oxygen atoms in total. The van der Waals surface area contributed by atoms with Gasteiger partial charge in [-0.15, -0.1) is 0 Å². The van der Waals surface area contributed by atoms with Crippen LogP contribution >= 0.6 is 0 Å². The predicted molar refractivity (Wildman–Crippen MR) is 81.1 cm³/mol. The number of carbonyl (C=O) groups excluding carboxylic acids is 1. The van der Waals surface area contributed by atoms with Gasteiger partial charge in [0.2, 0.25) is 0 Å². The normalized spacial score (nSPS) is 18.6. The van der Waals surface area contributed by atoms with Crippen molar-refractivity contribution in [3.63, 3.8) is 0 Å². The maximum Gasteiger partial charge on any atom is 0.260 e. The Labute approximate surface area is 126 Å². The van der Waals surface area contributed by atoms with E-state index < -0.39 is 0 Å². The Morgan fingerprint density at radius 2 is 2.14 bits per heavy atom. The highest BCUT2D eigenvalue weighted by Gasteiger charge is 2.23. The SMILES string of the molecule is CCOC1CCCN(C(=O)COc2ccc(CN)cc2)C1. The van der Waals surface area contributed by atoms with Gasteiger partial charge in [0.1, 0.15) is 5.75 Å². The molecule has 1 amide bonds. The van der Waals surface area contributed by atoms with Crippen LogP contribution in [0.4, 0.5) is 0 Å². The first-order valence-corrected chi connectivity index (χ1v) is 7.54. The van der Waals surface area contributed by atoms with Crippen LogP contribution in [-0.4, -0.2) is 43.2 Å². The van der Waals surface area contributed by atoms with Crippen LogP contribution in [0.2, 0.25) is 0 Å². The van der Waals surface area contributed by atoms with Crippen LogP contribution in [0.5, 0.6) is 5.75 Å². The molecule has 0 radical (unpaired) electrons. The summed E-state index contributed by atoms with van der Waals surface area (Å²) in [7, 11) is 0. The van der Waals surface area contributed by atoms with Gasteiger partial charge in [0, 0.05) is 26.2 Å². The first-order chi connectivity index (χ1) is 10.2. The molecule has 1 aliphatic heterocycles. The Morgan fingerprint density at radius 3 is 2.81 bits per heavy atom. The van der Waals surface area contributed by atoms with Crippen LogP contribution in [-0.2, 0) is 16.1 Å². The molecule has 1 aromatic rings. The van der Waals surface area contributed by atoms with Crippen LogP contribution < -0.4 is 10.5 Å². The van der Waals surface area contributed by atoms with Crippen molar-refractivity contribution in [1.82, 2.24) is 4.90 Å². The van der Waals surface area contributed by atoms with Crippen LogP contribution in [0.15, 0.2) is 24.3 Å². The van der Waals surface area contributed by atoms with Gasteiger partial charge < -0.3 is 20.1 Å². The summed E-state index contributed by atoms with van der Waals surface area (Å²) in [6, 6.07) is 7.50. The van der Waals surface area contributed by atoms with E-state index in [-0.39, 0.29) is 18.6 Å².